The molecule has 0 bridgehead atoms. The van der Waals surface area contributed by atoms with Crippen LogP contribution in [0.25, 0.3) is 5.69 Å². The molecule has 5 nitrogen and oxygen atoms in total. The van der Waals surface area contributed by atoms with Gasteiger partial charge in [-0.15, -0.1) is 0 Å². The molecule has 1 N–H and O–H groups in total. The number of carboxylic acid groups (broad SMARTS) is 1. The van der Waals surface area contributed by atoms with E-state index < -0.39 is 5.97 Å². The summed E-state index contributed by atoms with van der Waals surface area (Å²) in [6.45, 7) is 1.68. The highest BCUT2D eigenvalue weighted by atomic mass is 16.4. The molecule has 0 atom stereocenters. The normalized spacial score (nSPS) is 10.2. The molecule has 0 spiro atoms. The lowest BCUT2D eigenvalue weighted by molar-refractivity contribution is 0.0697. The number of benzene rings is 1. The van der Waals surface area contributed by atoms with E-state index in [4.69, 9.17) is 5.11 Å². The Labute approximate surface area is 97.0 Å². The standard InChI is InChI=1S/C12H10N2O3/c1-8-7-14(13-6-11(8)15)10-4-2-3-9(5-10)12(16)17/h2-7H,1H3,(H,16,17). The molecule has 0 unspecified atom stereocenters. The monoisotopic (exact) mass is 230 g/mol. The number of nitrogens with zero attached hydrogens (tertiary/aromatic N) is 2. The van der Waals surface area contributed by atoms with Crippen molar-refractivity contribution in [2.24, 2.45) is 0 Å². The van der Waals surface area contributed by atoms with Gasteiger partial charge in [-0.1, -0.05) is 6.07 Å². The van der Waals surface area contributed by atoms with Crippen LogP contribution in [0.15, 0.2) is 41.5 Å². The van der Waals surface area contributed by atoms with E-state index in [0.29, 0.717) is 11.3 Å². The van der Waals surface area contributed by atoms with Crippen LogP contribution in [-0.4, -0.2) is 20.9 Å². The lowest BCUT2D eigenvalue weighted by atomic mass is 10.2. The Morgan fingerprint density at radius 3 is 2.82 bits per heavy atom. The van der Waals surface area contributed by atoms with E-state index in [1.54, 1.807) is 25.3 Å². The van der Waals surface area contributed by atoms with Gasteiger partial charge in [0.2, 0.25) is 5.43 Å². The van der Waals surface area contributed by atoms with Gasteiger partial charge in [-0.25, -0.2) is 9.48 Å². The smallest absolute Gasteiger partial charge is 0.335 e. The van der Waals surface area contributed by atoms with Crippen LogP contribution < -0.4 is 5.43 Å². The Morgan fingerprint density at radius 1 is 1.41 bits per heavy atom. The third-order valence-corrected chi connectivity index (χ3v) is 2.36. The highest BCUT2D eigenvalue weighted by molar-refractivity contribution is 5.88. The van der Waals surface area contributed by atoms with Crippen molar-refractivity contribution in [3.05, 3.63) is 58.0 Å². The molecule has 1 aromatic carbocycles. The molecule has 0 aliphatic rings. The molecule has 1 heterocycles. The van der Waals surface area contributed by atoms with Crippen LogP contribution in [0.5, 0.6) is 0 Å². The van der Waals surface area contributed by atoms with Crippen molar-refractivity contribution >= 4 is 5.97 Å². The van der Waals surface area contributed by atoms with E-state index in [1.165, 1.54) is 23.0 Å². The second kappa shape index (κ2) is 4.21. The van der Waals surface area contributed by atoms with Gasteiger partial charge in [-0.2, -0.15) is 5.10 Å². The van der Waals surface area contributed by atoms with Crippen molar-refractivity contribution in [3.8, 4) is 5.69 Å². The first kappa shape index (κ1) is 11.1. The lowest BCUT2D eigenvalue weighted by Gasteiger charge is -2.06. The van der Waals surface area contributed by atoms with Crippen molar-refractivity contribution in [1.29, 1.82) is 0 Å². The first-order chi connectivity index (χ1) is 8.08. The largest absolute Gasteiger partial charge is 0.478 e. The topological polar surface area (TPSA) is 72.2 Å². The summed E-state index contributed by atoms with van der Waals surface area (Å²) in [5.74, 6) is -0.996. The van der Waals surface area contributed by atoms with Crippen molar-refractivity contribution < 1.29 is 9.90 Å². The zero-order valence-electron chi connectivity index (χ0n) is 9.12. The number of hydrogen-bond donors (Lipinski definition) is 1. The van der Waals surface area contributed by atoms with Gasteiger partial charge in [0, 0.05) is 11.8 Å². The van der Waals surface area contributed by atoms with E-state index in [2.05, 4.69) is 5.10 Å². The predicted molar refractivity (Wildman–Crippen MR) is 61.5 cm³/mol. The van der Waals surface area contributed by atoms with E-state index >= 15 is 0 Å². The molecule has 0 radical (unpaired) electrons. The van der Waals surface area contributed by atoms with Crippen LogP contribution in [-0.2, 0) is 0 Å². The second-order valence-electron chi connectivity index (χ2n) is 3.62. The first-order valence-corrected chi connectivity index (χ1v) is 4.97. The molecule has 0 amide bonds. The molecule has 2 rings (SSSR count). The van der Waals surface area contributed by atoms with Crippen molar-refractivity contribution in [1.82, 2.24) is 9.78 Å². The van der Waals surface area contributed by atoms with Crippen molar-refractivity contribution in [3.63, 3.8) is 0 Å². The van der Waals surface area contributed by atoms with Crippen molar-refractivity contribution in [2.75, 3.05) is 0 Å². The SMILES string of the molecule is Cc1cn(-c2cccc(C(=O)O)c2)ncc1=O. The van der Waals surface area contributed by atoms with Crippen LogP contribution in [0.3, 0.4) is 0 Å². The van der Waals surface area contributed by atoms with Crippen molar-refractivity contribution in [2.45, 2.75) is 6.92 Å². The zero-order chi connectivity index (χ0) is 12.4. The fourth-order valence-corrected chi connectivity index (χ4v) is 1.42. The highest BCUT2D eigenvalue weighted by Gasteiger charge is 2.05. The minimum absolute atomic E-state index is 0.143. The number of aromatic nitrogens is 2. The third kappa shape index (κ3) is 2.23. The number of aromatic carboxylic acids is 1. The van der Waals surface area contributed by atoms with Crippen LogP contribution >= 0.6 is 0 Å². The zero-order valence-corrected chi connectivity index (χ0v) is 9.12. The van der Waals surface area contributed by atoms with E-state index in [9.17, 15) is 9.59 Å². The maximum Gasteiger partial charge on any atom is 0.335 e. The number of hydrogen-bond acceptors (Lipinski definition) is 3. The Kier molecular flexibility index (Phi) is 2.74. The van der Waals surface area contributed by atoms with Gasteiger partial charge >= 0.3 is 5.97 Å². The number of rotatable bonds is 2. The first-order valence-electron chi connectivity index (χ1n) is 4.97. The maximum atomic E-state index is 11.2. The minimum Gasteiger partial charge on any atom is -0.478 e. The Bertz CT molecular complexity index is 632. The molecule has 0 saturated carbocycles. The summed E-state index contributed by atoms with van der Waals surface area (Å²) in [6.07, 6.45) is 2.78. The number of carboxylic acids is 1. The Balaban J connectivity index is 2.52. The van der Waals surface area contributed by atoms with E-state index in [1.807, 2.05) is 0 Å². The summed E-state index contributed by atoms with van der Waals surface area (Å²) in [6, 6.07) is 6.36. The van der Waals surface area contributed by atoms with Gasteiger partial charge in [-0.3, -0.25) is 4.79 Å². The molecule has 0 aliphatic heterocycles. The van der Waals surface area contributed by atoms with E-state index in [-0.39, 0.29) is 11.0 Å². The summed E-state index contributed by atoms with van der Waals surface area (Å²) in [5.41, 5.74) is 1.20. The summed E-state index contributed by atoms with van der Waals surface area (Å²) < 4.78 is 1.48. The van der Waals surface area contributed by atoms with Gasteiger partial charge in [0.25, 0.3) is 0 Å². The lowest BCUT2D eigenvalue weighted by Crippen LogP contribution is -2.11. The number of aryl methyl sites for hydroxylation is 1. The van der Waals surface area contributed by atoms with Gasteiger partial charge in [0.15, 0.2) is 0 Å². The van der Waals surface area contributed by atoms with Gasteiger partial charge in [-0.05, 0) is 25.1 Å². The Hall–Kier alpha value is -2.43. The minimum atomic E-state index is -0.996. The van der Waals surface area contributed by atoms with Crippen LogP contribution in [0.1, 0.15) is 15.9 Å². The Morgan fingerprint density at radius 2 is 2.18 bits per heavy atom. The second-order valence-corrected chi connectivity index (χ2v) is 3.62. The average Bonchev–Trinajstić information content (AvgIpc) is 2.33. The highest BCUT2D eigenvalue weighted by Crippen LogP contribution is 2.09. The fraction of sp³-hybridized carbons (Fsp3) is 0.0833. The molecule has 2 aromatic rings. The maximum absolute atomic E-state index is 11.2. The van der Waals surface area contributed by atoms with Gasteiger partial charge in [0.1, 0.15) is 0 Å². The molecular formula is C12H10N2O3. The molecule has 17 heavy (non-hydrogen) atoms. The molecule has 86 valence electrons. The third-order valence-electron chi connectivity index (χ3n) is 2.36. The van der Waals surface area contributed by atoms with Crippen LogP contribution in [0.2, 0.25) is 0 Å². The average molecular weight is 230 g/mol. The molecule has 0 aliphatic carbocycles. The predicted octanol–water partition coefficient (Wildman–Crippen LogP) is 1.24. The molecule has 5 heteroatoms. The summed E-state index contributed by atoms with van der Waals surface area (Å²) >= 11 is 0. The number of carbonyl (C=O) groups is 1. The fourth-order valence-electron chi connectivity index (χ4n) is 1.42. The van der Waals surface area contributed by atoms with Gasteiger partial charge < -0.3 is 5.11 Å². The summed E-state index contributed by atoms with van der Waals surface area (Å²) in [7, 11) is 0. The van der Waals surface area contributed by atoms with Gasteiger partial charge in [0.05, 0.1) is 17.4 Å². The van der Waals surface area contributed by atoms with E-state index in [0.717, 1.165) is 0 Å². The molecule has 0 saturated heterocycles. The quantitative estimate of drug-likeness (QED) is 0.842. The molecule has 0 fully saturated rings. The molecule has 1 aromatic heterocycles. The molecular weight excluding hydrogens is 220 g/mol. The summed E-state index contributed by atoms with van der Waals surface area (Å²) in [5, 5.41) is 12.8. The van der Waals surface area contributed by atoms with Crippen LogP contribution in [0, 0.1) is 6.92 Å². The van der Waals surface area contributed by atoms with Crippen LogP contribution in [0.4, 0.5) is 0 Å². The summed E-state index contributed by atoms with van der Waals surface area (Å²) in [4.78, 5) is 22.0.